The molecule has 0 aliphatic rings. The van der Waals surface area contributed by atoms with Crippen LogP contribution in [0.4, 0.5) is 0 Å². The molecule has 3 nitrogen and oxygen atoms in total. The zero-order valence-electron chi connectivity index (χ0n) is 4.14. The Morgan fingerprint density at radius 2 is 1.71 bits per heavy atom. The minimum Gasteiger partial charge on any atom is -0.554 e. The number of carbonyl (C=O) groups is 1. The van der Waals surface area contributed by atoms with Crippen LogP contribution in [0.2, 0.25) is 0 Å². The smallest absolute Gasteiger partial charge is 0.0275 e. The van der Waals surface area contributed by atoms with Gasteiger partial charge in [0, 0.05) is 6.47 Å². The maximum Gasteiger partial charge on any atom is 0.0275 e. The fourth-order valence-electron chi connectivity index (χ4n) is 0. The molecule has 0 atom stereocenters. The van der Waals surface area contributed by atoms with Gasteiger partial charge in [-0.3, -0.25) is 0 Å². The first-order chi connectivity index (χ1) is 3.15. The number of hydrogen-bond donors (Lipinski definition) is 0. The van der Waals surface area contributed by atoms with Crippen LogP contribution >= 0.6 is 0 Å². The number of carboxylic acid groups (broad SMARTS) is 1. The van der Waals surface area contributed by atoms with Gasteiger partial charge in [-0.05, 0) is 0 Å². The molecule has 0 aliphatic carbocycles. The Bertz CT molecular complexity index is 37.2. The topological polar surface area (TPSA) is 43.4 Å². The van der Waals surface area contributed by atoms with Crippen LogP contribution in [-0.2, 0) is 21.0 Å². The largest absolute Gasteiger partial charge is 0.554 e. The van der Waals surface area contributed by atoms with Crippen molar-refractivity contribution in [3.63, 3.8) is 0 Å². The zero-order chi connectivity index (χ0) is 6.28. The molecule has 4 heteroatoms. The van der Waals surface area contributed by atoms with E-state index in [0.29, 0.717) is 0 Å². The molecule has 0 aromatic heterocycles. The van der Waals surface area contributed by atoms with Gasteiger partial charge in [0.05, 0.1) is 0 Å². The zero-order valence-corrected chi connectivity index (χ0v) is 5.08. The standard InChI is InChI=1S/C2H6N.CH2O2.Cu/c1-3-2;2-1-3;/h1-2H3;1H,(H,2,3);/q-1;;+2/p-1. The monoisotopic (exact) mass is 152 g/mol. The molecule has 0 unspecified atom stereocenters. The van der Waals surface area contributed by atoms with Gasteiger partial charge in [-0.1, -0.05) is 0 Å². The third-order valence-corrected chi connectivity index (χ3v) is 0. The van der Waals surface area contributed by atoms with E-state index in [2.05, 4.69) is 16.2 Å². The molecule has 0 aromatic carbocycles. The van der Waals surface area contributed by atoms with E-state index in [1.165, 1.54) is 0 Å². The summed E-state index contributed by atoms with van der Waals surface area (Å²) in [4.78, 5) is 8.25. The molecule has 0 heterocycles. The second-order valence-electron chi connectivity index (χ2n) is 0.813. The summed E-state index contributed by atoms with van der Waals surface area (Å²) in [5, 5.41) is 8.25. The minimum absolute atomic E-state index is 0.500. The second-order valence-corrected chi connectivity index (χ2v) is 1.66. The Balaban J connectivity index is 0. The van der Waals surface area contributed by atoms with E-state index < -0.39 is 6.47 Å². The second kappa shape index (κ2) is 9.34. The number of hydrogen-bond acceptors (Lipinski definition) is 3. The first-order valence-electron chi connectivity index (χ1n) is 1.50. The number of rotatable bonds is 0. The van der Waals surface area contributed by atoms with Crippen molar-refractivity contribution in [2.24, 2.45) is 0 Å². The van der Waals surface area contributed by atoms with Gasteiger partial charge in [0.2, 0.25) is 0 Å². The van der Waals surface area contributed by atoms with Gasteiger partial charge in [0.25, 0.3) is 0 Å². The average Bonchev–Trinajstić information content (AvgIpc) is 1.33. The molecule has 0 amide bonds. The molecule has 47 valence electrons. The maximum atomic E-state index is 8.25. The van der Waals surface area contributed by atoms with E-state index in [1.807, 2.05) is 0 Å². The summed E-state index contributed by atoms with van der Waals surface area (Å²) in [7, 11) is 3.61. The fraction of sp³-hybridized carbons (Fsp3) is 0.667. The Hall–Kier alpha value is -0.0505. The van der Waals surface area contributed by atoms with Crippen LogP contribution in [0, 0.1) is 0 Å². The first kappa shape index (κ1) is 10.0. The third kappa shape index (κ3) is 36400. The van der Waals surface area contributed by atoms with Gasteiger partial charge in [0.15, 0.2) is 0 Å². The molecular formula is C3H7CuNO2. The molecule has 0 N–H and O–H groups in total. The number of nitrogens with zero attached hydrogens (tertiary/aromatic N) is 1. The van der Waals surface area contributed by atoms with Crippen molar-refractivity contribution in [2.75, 3.05) is 14.1 Å². The molecule has 0 bridgehead atoms. The molecule has 0 aromatic rings. The van der Waals surface area contributed by atoms with E-state index in [4.69, 9.17) is 9.90 Å². The summed E-state index contributed by atoms with van der Waals surface area (Å²) in [5.41, 5.74) is 0. The van der Waals surface area contributed by atoms with Crippen molar-refractivity contribution in [3.8, 4) is 0 Å². The maximum absolute atomic E-state index is 8.25. The van der Waals surface area contributed by atoms with E-state index >= 15 is 0 Å². The molecule has 7 heavy (non-hydrogen) atoms. The predicted molar refractivity (Wildman–Crippen MR) is 19.8 cm³/mol. The number of carbonyl (C=O) groups excluding carboxylic acids is 1. The molecule has 0 rings (SSSR count). The van der Waals surface area contributed by atoms with Crippen molar-refractivity contribution in [2.45, 2.75) is 0 Å². The van der Waals surface area contributed by atoms with Crippen molar-refractivity contribution in [1.82, 2.24) is 3.92 Å². The van der Waals surface area contributed by atoms with Gasteiger partial charge >= 0.3 is 34.2 Å². The van der Waals surface area contributed by atoms with Crippen molar-refractivity contribution >= 4 is 6.47 Å². The van der Waals surface area contributed by atoms with Gasteiger partial charge < -0.3 is 9.90 Å². The van der Waals surface area contributed by atoms with Crippen molar-refractivity contribution in [1.29, 1.82) is 0 Å². The molecule has 0 fully saturated rings. The predicted octanol–water partition coefficient (Wildman–Crippen LogP) is -1.62. The van der Waals surface area contributed by atoms with Gasteiger partial charge in [0.1, 0.15) is 0 Å². The fourth-order valence-corrected chi connectivity index (χ4v) is 0. The van der Waals surface area contributed by atoms with Crippen molar-refractivity contribution < 1.29 is 26.1 Å². The molecule has 0 spiro atoms. The van der Waals surface area contributed by atoms with E-state index in [1.54, 1.807) is 18.0 Å². The quantitative estimate of drug-likeness (QED) is 0.310. The first-order valence-corrected chi connectivity index (χ1v) is 1.92. The summed E-state index contributed by atoms with van der Waals surface area (Å²) >= 11 is 4.58. The SMILES string of the molecule is C[N](C)[Cu+].O=C[O-]. The normalized spacial score (nSPS) is 7.00. The Morgan fingerprint density at radius 1 is 1.71 bits per heavy atom. The molecule has 0 radical (unpaired) electrons. The molecule has 0 aliphatic heterocycles. The van der Waals surface area contributed by atoms with Crippen LogP contribution in [0.3, 0.4) is 0 Å². The summed E-state index contributed by atoms with van der Waals surface area (Å²) in [5.74, 6) is 0. The Labute approximate surface area is 51.3 Å². The Kier molecular flexibility index (Phi) is 13.4. The van der Waals surface area contributed by atoms with Crippen LogP contribution in [0.15, 0.2) is 0 Å². The van der Waals surface area contributed by atoms with Gasteiger partial charge in [-0.2, -0.15) is 0 Å². The van der Waals surface area contributed by atoms with Crippen LogP contribution < -0.4 is 5.11 Å². The van der Waals surface area contributed by atoms with Crippen molar-refractivity contribution in [3.05, 3.63) is 0 Å². The van der Waals surface area contributed by atoms with Crippen LogP contribution in [0.25, 0.3) is 0 Å². The minimum atomic E-state index is -0.500. The van der Waals surface area contributed by atoms with Gasteiger partial charge in [-0.25, -0.2) is 0 Å². The molecular weight excluding hydrogens is 146 g/mol. The summed E-state index contributed by atoms with van der Waals surface area (Å²) in [6, 6.07) is 0. The van der Waals surface area contributed by atoms with E-state index in [0.717, 1.165) is 0 Å². The summed E-state index contributed by atoms with van der Waals surface area (Å²) in [6.07, 6.45) is 0. The Morgan fingerprint density at radius 3 is 1.71 bits per heavy atom. The molecule has 0 saturated heterocycles. The third-order valence-electron chi connectivity index (χ3n) is 0. The van der Waals surface area contributed by atoms with E-state index in [-0.39, 0.29) is 0 Å². The van der Waals surface area contributed by atoms with Crippen LogP contribution in [0.1, 0.15) is 0 Å². The summed E-state index contributed by atoms with van der Waals surface area (Å²) < 4.78 is 1.56. The van der Waals surface area contributed by atoms with Gasteiger partial charge in [-0.15, -0.1) is 0 Å². The summed E-state index contributed by atoms with van der Waals surface area (Å²) in [6.45, 7) is -0.500. The average molecular weight is 153 g/mol. The van der Waals surface area contributed by atoms with Crippen LogP contribution in [-0.4, -0.2) is 24.5 Å². The van der Waals surface area contributed by atoms with Crippen LogP contribution in [0.5, 0.6) is 0 Å². The van der Waals surface area contributed by atoms with E-state index in [9.17, 15) is 0 Å². The molecule has 0 saturated carbocycles.